The normalized spacial score (nSPS) is 17.7. The maximum Gasteiger partial charge on any atom is 0.242 e. The van der Waals surface area contributed by atoms with Crippen LogP contribution in [-0.2, 0) is 30.3 Å². The number of phenols is 1. The van der Waals surface area contributed by atoms with Crippen LogP contribution in [0, 0.1) is 17.8 Å². The molecule has 4 amide bonds. The fourth-order valence-corrected chi connectivity index (χ4v) is 8.63. The molecule has 7 unspecified atom stereocenters. The van der Waals surface area contributed by atoms with Crippen LogP contribution in [0.25, 0.3) is 0 Å². The molecule has 0 bridgehead atoms. The summed E-state index contributed by atoms with van der Waals surface area (Å²) in [6.45, 7) is 15.4. The molecule has 0 saturated carbocycles. The Morgan fingerprint density at radius 3 is 2.11 bits per heavy atom. The number of nitrogens with zero attached hydrogens (tertiary/aromatic N) is 5. The fourth-order valence-electron chi connectivity index (χ4n) is 7.50. The van der Waals surface area contributed by atoms with Crippen LogP contribution >= 0.6 is 11.8 Å². The van der Waals surface area contributed by atoms with Gasteiger partial charge in [-0.15, -0.1) is 0 Å². The van der Waals surface area contributed by atoms with Crippen molar-refractivity contribution in [3.05, 3.63) is 29.8 Å². The first-order valence-electron chi connectivity index (χ1n) is 19.5. The first kappa shape index (κ1) is 48.2. The number of ether oxygens (including phenoxy) is 1. The molecule has 0 radical (unpaired) electrons. The first-order valence-corrected chi connectivity index (χ1v) is 20.8. The highest BCUT2D eigenvalue weighted by molar-refractivity contribution is 7.99. The number of aromatic hydroxyl groups is 1. The van der Waals surface area contributed by atoms with Crippen molar-refractivity contribution >= 4 is 35.4 Å². The van der Waals surface area contributed by atoms with Crippen LogP contribution in [0.15, 0.2) is 24.3 Å². The Morgan fingerprint density at radius 2 is 1.60 bits per heavy atom. The number of hydrogen-bond donors (Lipinski definition) is 1. The maximum atomic E-state index is 14.1. The molecule has 0 aromatic heterocycles. The zero-order chi connectivity index (χ0) is 40.6. The van der Waals surface area contributed by atoms with E-state index in [1.165, 1.54) is 11.3 Å². The number of thioether (sulfide) groups is 1. The highest BCUT2D eigenvalue weighted by atomic mass is 32.2. The lowest BCUT2D eigenvalue weighted by atomic mass is 9.90. The van der Waals surface area contributed by atoms with Crippen LogP contribution in [0.4, 0.5) is 0 Å². The Morgan fingerprint density at radius 1 is 0.981 bits per heavy atom. The number of hydrogen-bond acceptors (Lipinski definition) is 8. The van der Waals surface area contributed by atoms with Crippen molar-refractivity contribution in [3.63, 3.8) is 0 Å². The summed E-state index contributed by atoms with van der Waals surface area (Å²) in [6, 6.07) is 6.28. The number of amides is 4. The highest BCUT2D eigenvalue weighted by Crippen LogP contribution is 2.33. The average Bonchev–Trinajstić information content (AvgIpc) is 3.59. The topological polar surface area (TPSA) is 114 Å². The molecule has 1 aliphatic heterocycles. The lowest BCUT2D eigenvalue weighted by molar-refractivity contribution is -0.147. The van der Waals surface area contributed by atoms with E-state index in [1.807, 2.05) is 64.0 Å². The number of likely N-dealkylation sites (N-methyl/N-ethyl adjacent to an activating group) is 4. The Hall–Kier alpha value is -2.83. The van der Waals surface area contributed by atoms with Crippen LogP contribution < -0.4 is 0 Å². The quantitative estimate of drug-likeness (QED) is 0.197. The zero-order valence-electron chi connectivity index (χ0n) is 35.4. The van der Waals surface area contributed by atoms with Gasteiger partial charge in [0.25, 0.3) is 0 Å². The van der Waals surface area contributed by atoms with Gasteiger partial charge in [0.1, 0.15) is 5.75 Å². The number of carbonyl (C=O) groups is 4. The van der Waals surface area contributed by atoms with E-state index in [0.29, 0.717) is 19.5 Å². The van der Waals surface area contributed by atoms with E-state index in [9.17, 15) is 24.3 Å². The first-order chi connectivity index (χ1) is 24.9. The molecule has 1 aromatic rings. The van der Waals surface area contributed by atoms with Crippen molar-refractivity contribution in [2.45, 2.75) is 116 Å². The number of likely N-dealkylation sites (tertiary alicyclic amines) is 1. The molecule has 1 heterocycles. The molecular weight excluding hydrogens is 691 g/mol. The second-order valence-electron chi connectivity index (χ2n) is 15.4. The van der Waals surface area contributed by atoms with Crippen LogP contribution in [0.1, 0.15) is 86.1 Å². The van der Waals surface area contributed by atoms with Crippen molar-refractivity contribution in [2.75, 3.05) is 68.2 Å². The minimum Gasteiger partial charge on any atom is -0.508 e. The molecule has 12 heteroatoms. The van der Waals surface area contributed by atoms with E-state index in [4.69, 9.17) is 4.74 Å². The summed E-state index contributed by atoms with van der Waals surface area (Å²) in [5.74, 6) is -0.297. The largest absolute Gasteiger partial charge is 0.508 e. The molecule has 53 heavy (non-hydrogen) atoms. The van der Waals surface area contributed by atoms with Crippen molar-refractivity contribution < 1.29 is 29.0 Å². The van der Waals surface area contributed by atoms with Gasteiger partial charge in [-0.2, -0.15) is 11.8 Å². The smallest absolute Gasteiger partial charge is 0.242 e. The monoisotopic (exact) mass is 764 g/mol. The van der Waals surface area contributed by atoms with Gasteiger partial charge >= 0.3 is 0 Å². The molecule has 0 aliphatic carbocycles. The summed E-state index contributed by atoms with van der Waals surface area (Å²) in [5.41, 5.74) is 0.964. The molecule has 1 saturated heterocycles. The van der Waals surface area contributed by atoms with Gasteiger partial charge in [-0.1, -0.05) is 73.4 Å². The van der Waals surface area contributed by atoms with Gasteiger partial charge in [-0.25, -0.2) is 0 Å². The molecule has 0 spiro atoms. The predicted molar refractivity (Wildman–Crippen MR) is 218 cm³/mol. The van der Waals surface area contributed by atoms with E-state index < -0.39 is 6.10 Å². The van der Waals surface area contributed by atoms with E-state index in [-0.39, 0.29) is 83.5 Å². The maximum absolute atomic E-state index is 14.1. The summed E-state index contributed by atoms with van der Waals surface area (Å²) < 4.78 is 5.99. The lowest BCUT2D eigenvalue weighted by Gasteiger charge is -2.40. The summed E-state index contributed by atoms with van der Waals surface area (Å²) in [7, 11) is 10.5. The lowest BCUT2D eigenvalue weighted by Crippen LogP contribution is -2.55. The van der Waals surface area contributed by atoms with E-state index >= 15 is 0 Å². The van der Waals surface area contributed by atoms with Crippen molar-refractivity contribution in [2.24, 2.45) is 17.8 Å². The van der Waals surface area contributed by atoms with Crippen LogP contribution in [0.3, 0.4) is 0 Å². The van der Waals surface area contributed by atoms with Crippen molar-refractivity contribution in [1.82, 2.24) is 24.5 Å². The summed E-state index contributed by atoms with van der Waals surface area (Å²) in [5, 5.41) is 9.72. The highest BCUT2D eigenvalue weighted by Gasteiger charge is 2.42. The minimum absolute atomic E-state index is 0.0317. The van der Waals surface area contributed by atoms with Gasteiger partial charge in [0.15, 0.2) is 0 Å². The molecule has 2 rings (SSSR count). The number of methoxy groups -OCH3 is 1. The SMILES string of the molecule is CCC.CCC(C)C(C(CC(=O)N1CCCC1C(SC)C(C)C(=O)N(C)CCc1cccc(O)c1)OC)N(C)C(=O)CN(C)C(=O)C(C(C)C)N(C)C. The van der Waals surface area contributed by atoms with E-state index in [1.54, 1.807) is 61.0 Å². The minimum atomic E-state index is -0.547. The average molecular weight is 764 g/mol. The van der Waals surface area contributed by atoms with Crippen LogP contribution in [0.2, 0.25) is 0 Å². The van der Waals surface area contributed by atoms with Crippen LogP contribution in [-0.4, -0.2) is 151 Å². The summed E-state index contributed by atoms with van der Waals surface area (Å²) >= 11 is 1.63. The van der Waals surface area contributed by atoms with E-state index in [2.05, 4.69) is 27.7 Å². The van der Waals surface area contributed by atoms with Gasteiger partial charge < -0.3 is 29.4 Å². The standard InChI is InChI=1S/C38H65N5O6S.C3H8/c1-13-26(4)35(42(10)33(46)24-41(9)38(48)34(25(2)3)39(6)7)31(49-11)23-32(45)43-20-15-18-30(43)36(50-12)27(5)37(47)40(8)21-19-28-16-14-17-29(44)22-28;1-3-2/h14,16-17,22,25-27,30-31,34-36,44H,13,15,18-21,23-24H2,1-12H3;3H2,1-2H3. The van der Waals surface area contributed by atoms with Gasteiger partial charge in [-0.05, 0) is 69.1 Å². The third kappa shape index (κ3) is 14.1. The van der Waals surface area contributed by atoms with Gasteiger partial charge in [0.05, 0.1) is 31.2 Å². The van der Waals surface area contributed by atoms with Gasteiger partial charge in [0, 0.05) is 58.6 Å². The number of phenolic OH excluding ortho intramolecular Hbond substituents is 1. The predicted octanol–water partition coefficient (Wildman–Crippen LogP) is 5.49. The summed E-state index contributed by atoms with van der Waals surface area (Å²) in [4.78, 5) is 63.4. The molecule has 11 nitrogen and oxygen atoms in total. The molecule has 7 atom stereocenters. The number of rotatable bonds is 19. The molecule has 1 aliphatic rings. The van der Waals surface area contributed by atoms with E-state index in [0.717, 1.165) is 24.8 Å². The molecule has 1 N–H and O–H groups in total. The Labute approximate surface area is 326 Å². The Bertz CT molecular complexity index is 1270. The zero-order valence-corrected chi connectivity index (χ0v) is 36.2. The molecule has 304 valence electrons. The third-order valence-electron chi connectivity index (χ3n) is 10.5. The van der Waals surface area contributed by atoms with Crippen molar-refractivity contribution in [3.8, 4) is 5.75 Å². The van der Waals surface area contributed by atoms with Gasteiger partial charge in [-0.3, -0.25) is 24.1 Å². The number of benzene rings is 1. The number of carbonyl (C=O) groups excluding carboxylic acids is 4. The Balaban J connectivity index is 0.00000452. The molecular formula is C41H73N5O6S. The third-order valence-corrected chi connectivity index (χ3v) is 11.8. The van der Waals surface area contributed by atoms with Crippen molar-refractivity contribution in [1.29, 1.82) is 0 Å². The summed E-state index contributed by atoms with van der Waals surface area (Å²) in [6.07, 6.45) is 5.90. The van der Waals surface area contributed by atoms with Gasteiger partial charge in [0.2, 0.25) is 23.6 Å². The second-order valence-corrected chi connectivity index (χ2v) is 16.4. The fraction of sp³-hybridized carbons (Fsp3) is 0.756. The molecule has 1 aromatic carbocycles. The second kappa shape index (κ2) is 23.8. The Kier molecular flexibility index (Phi) is 21.7. The molecule has 1 fully saturated rings. The van der Waals surface area contributed by atoms with Crippen LogP contribution in [0.5, 0.6) is 5.75 Å².